The lowest BCUT2D eigenvalue weighted by molar-refractivity contribution is -0.137. The number of rotatable bonds is 4. The highest BCUT2D eigenvalue weighted by molar-refractivity contribution is 5.99. The van der Waals surface area contributed by atoms with Crippen molar-refractivity contribution in [3.05, 3.63) is 65.2 Å². The maximum Gasteiger partial charge on any atom is 0.416 e. The summed E-state index contributed by atoms with van der Waals surface area (Å²) in [5.41, 5.74) is -1.07. The molecule has 2 aromatic carbocycles. The average molecular weight is 358 g/mol. The largest absolute Gasteiger partial charge is 0.416 e. The van der Waals surface area contributed by atoms with Gasteiger partial charge in [-0.3, -0.25) is 9.59 Å². The summed E-state index contributed by atoms with van der Waals surface area (Å²) < 4.78 is 63.3. The Morgan fingerprint density at radius 2 is 1.48 bits per heavy atom. The van der Waals surface area contributed by atoms with Gasteiger partial charge in [0.25, 0.3) is 5.91 Å². The molecule has 0 unspecified atom stereocenters. The number of anilines is 1. The molecule has 9 heteroatoms. The van der Waals surface area contributed by atoms with Crippen molar-refractivity contribution in [2.45, 2.75) is 6.18 Å². The molecule has 0 aliphatic carbocycles. The van der Waals surface area contributed by atoms with Crippen LogP contribution in [-0.2, 0) is 11.0 Å². The van der Waals surface area contributed by atoms with Crippen molar-refractivity contribution in [2.75, 3.05) is 11.9 Å². The minimum absolute atomic E-state index is 0.101. The molecule has 0 aliphatic heterocycles. The lowest BCUT2D eigenvalue weighted by Gasteiger charge is -2.09. The summed E-state index contributed by atoms with van der Waals surface area (Å²) in [4.78, 5) is 23.4. The van der Waals surface area contributed by atoms with Crippen LogP contribution in [0.2, 0.25) is 0 Å². The number of halogens is 5. The molecule has 132 valence electrons. The van der Waals surface area contributed by atoms with Gasteiger partial charge in [0.15, 0.2) is 0 Å². The van der Waals surface area contributed by atoms with E-state index in [4.69, 9.17) is 0 Å². The van der Waals surface area contributed by atoms with Crippen LogP contribution in [0, 0.1) is 11.6 Å². The van der Waals surface area contributed by atoms with Crippen LogP contribution in [0.3, 0.4) is 0 Å². The van der Waals surface area contributed by atoms with Gasteiger partial charge in [-0.1, -0.05) is 0 Å². The summed E-state index contributed by atoms with van der Waals surface area (Å²) >= 11 is 0. The smallest absolute Gasteiger partial charge is 0.343 e. The molecule has 0 aromatic heterocycles. The first-order chi connectivity index (χ1) is 11.6. The maximum atomic E-state index is 13.0. The number of carbonyl (C=O) groups excluding carboxylic acids is 2. The van der Waals surface area contributed by atoms with E-state index in [1.807, 2.05) is 0 Å². The van der Waals surface area contributed by atoms with Gasteiger partial charge in [-0.25, -0.2) is 8.78 Å². The number of alkyl halides is 3. The molecule has 0 spiro atoms. The first-order valence-corrected chi connectivity index (χ1v) is 6.86. The van der Waals surface area contributed by atoms with E-state index < -0.39 is 41.7 Å². The van der Waals surface area contributed by atoms with E-state index in [9.17, 15) is 31.5 Å². The third-order valence-corrected chi connectivity index (χ3v) is 3.03. The first-order valence-electron chi connectivity index (χ1n) is 6.86. The van der Waals surface area contributed by atoms with Crippen molar-refractivity contribution in [3.63, 3.8) is 0 Å². The molecular formula is C16H11F5N2O2. The Kier molecular flexibility index (Phi) is 5.35. The molecule has 2 rings (SSSR count). The van der Waals surface area contributed by atoms with Gasteiger partial charge in [0, 0.05) is 17.3 Å². The number of hydrogen-bond donors (Lipinski definition) is 2. The highest BCUT2D eigenvalue weighted by Gasteiger charge is 2.29. The van der Waals surface area contributed by atoms with Crippen molar-refractivity contribution < 1.29 is 31.5 Å². The van der Waals surface area contributed by atoms with Crippen LogP contribution in [0.4, 0.5) is 27.6 Å². The van der Waals surface area contributed by atoms with Crippen LogP contribution < -0.4 is 10.6 Å². The zero-order valence-corrected chi connectivity index (χ0v) is 12.5. The number of benzene rings is 2. The minimum atomic E-state index is -4.49. The Bertz CT molecular complexity index is 768. The summed E-state index contributed by atoms with van der Waals surface area (Å²) in [6.07, 6.45) is -4.49. The molecule has 0 saturated carbocycles. The molecule has 2 aromatic rings. The third-order valence-electron chi connectivity index (χ3n) is 3.03. The van der Waals surface area contributed by atoms with Crippen molar-refractivity contribution in [1.29, 1.82) is 0 Å². The van der Waals surface area contributed by atoms with Crippen molar-refractivity contribution in [3.8, 4) is 0 Å². The van der Waals surface area contributed by atoms with E-state index in [1.54, 1.807) is 0 Å². The van der Waals surface area contributed by atoms with Crippen LogP contribution in [-0.4, -0.2) is 18.4 Å². The Labute approximate surface area is 138 Å². The minimum Gasteiger partial charge on any atom is -0.343 e. The number of hydrogen-bond acceptors (Lipinski definition) is 2. The van der Waals surface area contributed by atoms with Gasteiger partial charge < -0.3 is 10.6 Å². The molecule has 0 saturated heterocycles. The topological polar surface area (TPSA) is 58.2 Å². The molecule has 0 atom stereocenters. The molecule has 0 heterocycles. The molecule has 4 nitrogen and oxygen atoms in total. The van der Waals surface area contributed by atoms with Gasteiger partial charge in [0.1, 0.15) is 11.6 Å². The van der Waals surface area contributed by atoms with Crippen molar-refractivity contribution in [1.82, 2.24) is 5.32 Å². The fraction of sp³-hybridized carbons (Fsp3) is 0.125. The standard InChI is InChI=1S/C16H11F5N2O2/c17-11-5-9(6-12(18)7-11)15(25)22-8-14(24)23-13-3-1-10(2-4-13)16(19,20)21/h1-7H,8H2,(H,22,25)(H,23,24). The van der Waals surface area contributed by atoms with Crippen molar-refractivity contribution >= 4 is 17.5 Å². The molecule has 0 aliphatic rings. The van der Waals surface area contributed by atoms with Gasteiger partial charge in [-0.05, 0) is 36.4 Å². The summed E-state index contributed by atoms with van der Waals surface area (Å²) in [5.74, 6) is -3.48. The lowest BCUT2D eigenvalue weighted by Crippen LogP contribution is -2.33. The second-order valence-corrected chi connectivity index (χ2v) is 4.96. The monoisotopic (exact) mass is 358 g/mol. The van der Waals surface area contributed by atoms with Crippen LogP contribution in [0.25, 0.3) is 0 Å². The maximum absolute atomic E-state index is 13.0. The average Bonchev–Trinajstić information content (AvgIpc) is 2.51. The molecule has 0 fully saturated rings. The molecule has 2 N–H and O–H groups in total. The second-order valence-electron chi connectivity index (χ2n) is 4.96. The van der Waals surface area contributed by atoms with Crippen molar-refractivity contribution in [2.24, 2.45) is 0 Å². The van der Waals surface area contributed by atoms with Crippen LogP contribution in [0.1, 0.15) is 15.9 Å². The quantitative estimate of drug-likeness (QED) is 0.824. The normalized spacial score (nSPS) is 11.1. The summed E-state index contributed by atoms with van der Waals surface area (Å²) in [6, 6.07) is 5.90. The van der Waals surface area contributed by atoms with E-state index in [0.717, 1.165) is 36.4 Å². The van der Waals surface area contributed by atoms with Gasteiger partial charge in [-0.15, -0.1) is 0 Å². The summed E-state index contributed by atoms with van der Waals surface area (Å²) in [6.45, 7) is -0.530. The van der Waals surface area contributed by atoms with Gasteiger partial charge in [0.05, 0.1) is 12.1 Å². The highest BCUT2D eigenvalue weighted by Crippen LogP contribution is 2.29. The Morgan fingerprint density at radius 3 is 2.00 bits per heavy atom. The third kappa shape index (κ3) is 5.27. The fourth-order valence-electron chi connectivity index (χ4n) is 1.90. The Balaban J connectivity index is 1.91. The molecule has 0 radical (unpaired) electrons. The number of carbonyl (C=O) groups is 2. The zero-order chi connectivity index (χ0) is 18.6. The predicted octanol–water partition coefficient (Wildman–Crippen LogP) is 3.35. The Hall–Kier alpha value is -2.97. The van der Waals surface area contributed by atoms with E-state index in [-0.39, 0.29) is 11.3 Å². The second kappa shape index (κ2) is 7.29. The number of amides is 2. The number of nitrogens with one attached hydrogen (secondary N) is 2. The zero-order valence-electron chi connectivity index (χ0n) is 12.5. The van der Waals surface area contributed by atoms with Crippen LogP contribution >= 0.6 is 0 Å². The SMILES string of the molecule is O=C(CNC(=O)c1cc(F)cc(F)c1)Nc1ccc(C(F)(F)F)cc1. The molecule has 25 heavy (non-hydrogen) atoms. The molecular weight excluding hydrogens is 347 g/mol. The van der Waals surface area contributed by atoms with Gasteiger partial charge in [0.2, 0.25) is 5.91 Å². The summed E-state index contributed by atoms with van der Waals surface area (Å²) in [5, 5.41) is 4.43. The van der Waals surface area contributed by atoms with E-state index in [0.29, 0.717) is 6.07 Å². The predicted molar refractivity (Wildman–Crippen MR) is 78.8 cm³/mol. The summed E-state index contributed by atoms with van der Waals surface area (Å²) in [7, 11) is 0. The van der Waals surface area contributed by atoms with E-state index in [2.05, 4.69) is 10.6 Å². The van der Waals surface area contributed by atoms with Gasteiger partial charge >= 0.3 is 6.18 Å². The van der Waals surface area contributed by atoms with Crippen LogP contribution in [0.15, 0.2) is 42.5 Å². The lowest BCUT2D eigenvalue weighted by atomic mass is 10.2. The van der Waals surface area contributed by atoms with Crippen LogP contribution in [0.5, 0.6) is 0 Å². The van der Waals surface area contributed by atoms with Gasteiger partial charge in [-0.2, -0.15) is 13.2 Å². The first kappa shape index (κ1) is 18.4. The van der Waals surface area contributed by atoms with E-state index >= 15 is 0 Å². The Morgan fingerprint density at radius 1 is 0.920 bits per heavy atom. The highest BCUT2D eigenvalue weighted by atomic mass is 19.4. The molecule has 0 bridgehead atoms. The molecule has 2 amide bonds. The van der Waals surface area contributed by atoms with E-state index in [1.165, 1.54) is 0 Å². The fourth-order valence-corrected chi connectivity index (χ4v) is 1.90.